The van der Waals surface area contributed by atoms with Gasteiger partial charge in [-0.15, -0.1) is 13.2 Å². The van der Waals surface area contributed by atoms with Crippen molar-refractivity contribution in [3.8, 4) is 0 Å². The number of benzene rings is 1. The lowest BCUT2D eigenvalue weighted by Gasteiger charge is -1.99. The van der Waals surface area contributed by atoms with Gasteiger partial charge in [-0.05, 0) is 25.5 Å². The van der Waals surface area contributed by atoms with Crippen LogP contribution in [0.2, 0.25) is 0 Å². The average molecular weight is 290 g/mol. The van der Waals surface area contributed by atoms with Gasteiger partial charge in [0, 0.05) is 13.2 Å². The van der Waals surface area contributed by atoms with Crippen LogP contribution in [0.1, 0.15) is 19.4 Å². The van der Waals surface area contributed by atoms with E-state index in [0.717, 1.165) is 5.56 Å². The van der Waals surface area contributed by atoms with Crippen LogP contribution in [0.5, 0.6) is 0 Å². The van der Waals surface area contributed by atoms with Crippen molar-refractivity contribution in [1.82, 2.24) is 0 Å². The van der Waals surface area contributed by atoms with Gasteiger partial charge >= 0.3 is 5.97 Å². The fourth-order valence-corrected chi connectivity index (χ4v) is 1.00. The molecule has 1 aromatic carbocycles. The Kier molecular flexibility index (Phi) is 18.0. The van der Waals surface area contributed by atoms with Crippen LogP contribution in [-0.2, 0) is 14.3 Å². The minimum atomic E-state index is -0.351. The van der Waals surface area contributed by atoms with Crippen molar-refractivity contribution in [1.29, 1.82) is 0 Å². The maximum atomic E-state index is 11.1. The number of hydrogen-bond donors (Lipinski definition) is 0. The van der Waals surface area contributed by atoms with E-state index >= 15 is 0 Å². The summed E-state index contributed by atoms with van der Waals surface area (Å²) in [5.41, 5.74) is 0.973. The van der Waals surface area contributed by atoms with Crippen LogP contribution in [0.3, 0.4) is 0 Å². The molecule has 0 unspecified atom stereocenters. The Balaban J connectivity index is 0. The molecule has 0 aliphatic carbocycles. The monoisotopic (exact) mass is 290 g/mol. The Hall–Kier alpha value is -2.13. The van der Waals surface area contributed by atoms with Crippen LogP contribution in [-0.4, -0.2) is 26.3 Å². The highest BCUT2D eigenvalue weighted by molar-refractivity contribution is 5.86. The molecule has 0 saturated carbocycles. The molecule has 0 bridgehead atoms. The highest BCUT2D eigenvalue weighted by Gasteiger charge is 1.95. The topological polar surface area (TPSA) is 35.5 Å². The Morgan fingerprint density at radius 3 is 2.10 bits per heavy atom. The quantitative estimate of drug-likeness (QED) is 0.351. The molecule has 3 heteroatoms. The van der Waals surface area contributed by atoms with Crippen LogP contribution in [0, 0.1) is 0 Å². The zero-order valence-electron chi connectivity index (χ0n) is 13.2. The molecule has 0 heterocycles. The summed E-state index contributed by atoms with van der Waals surface area (Å²) in [5.74, 6) is -0.351. The third kappa shape index (κ3) is 17.9. The highest BCUT2D eigenvalue weighted by Crippen LogP contribution is 2.00. The van der Waals surface area contributed by atoms with Crippen molar-refractivity contribution in [2.45, 2.75) is 13.8 Å². The maximum Gasteiger partial charge on any atom is 0.330 e. The standard InChI is InChI=1S/C12H14O3.2C3H6/c1-14-9-10-15-12(13)8-7-11-5-3-2-4-6-11;2*1-3-2/h2-8H,9-10H2,1H3;2*3H,1H2,2H3/b8-7+;;. The largest absolute Gasteiger partial charge is 0.460 e. The second-order valence-corrected chi connectivity index (χ2v) is 3.72. The summed E-state index contributed by atoms with van der Waals surface area (Å²) in [6, 6.07) is 9.58. The molecule has 0 spiro atoms. The third-order valence-corrected chi connectivity index (χ3v) is 1.74. The number of rotatable bonds is 5. The first kappa shape index (κ1) is 21.2. The number of carbonyl (C=O) groups excluding carboxylic acids is 1. The minimum Gasteiger partial charge on any atom is -0.460 e. The lowest BCUT2D eigenvalue weighted by molar-refractivity contribution is -0.138. The smallest absolute Gasteiger partial charge is 0.330 e. The Bertz CT molecular complexity index is 388. The van der Waals surface area contributed by atoms with Gasteiger partial charge in [0.2, 0.25) is 0 Å². The number of allylic oxidation sites excluding steroid dienone is 2. The number of esters is 1. The molecule has 116 valence electrons. The molecular weight excluding hydrogens is 264 g/mol. The molecule has 0 N–H and O–H groups in total. The van der Waals surface area contributed by atoms with Crippen LogP contribution < -0.4 is 0 Å². The summed E-state index contributed by atoms with van der Waals surface area (Å²) in [6.07, 6.45) is 6.63. The second kappa shape index (κ2) is 17.9. The van der Waals surface area contributed by atoms with E-state index in [9.17, 15) is 4.79 Å². The highest BCUT2D eigenvalue weighted by atomic mass is 16.6. The van der Waals surface area contributed by atoms with Crippen molar-refractivity contribution in [2.24, 2.45) is 0 Å². The molecule has 0 fully saturated rings. The first-order valence-electron chi connectivity index (χ1n) is 6.69. The van der Waals surface area contributed by atoms with E-state index in [1.807, 2.05) is 44.2 Å². The van der Waals surface area contributed by atoms with Crippen LogP contribution in [0.4, 0.5) is 0 Å². The molecule has 0 saturated heterocycles. The van der Waals surface area contributed by atoms with E-state index in [4.69, 9.17) is 9.47 Å². The molecule has 0 atom stereocenters. The van der Waals surface area contributed by atoms with E-state index in [1.54, 1.807) is 25.3 Å². The van der Waals surface area contributed by atoms with Crippen molar-refractivity contribution in [3.05, 3.63) is 67.3 Å². The number of methoxy groups -OCH3 is 1. The molecule has 21 heavy (non-hydrogen) atoms. The lowest BCUT2D eigenvalue weighted by atomic mass is 10.2. The van der Waals surface area contributed by atoms with Gasteiger partial charge in [-0.3, -0.25) is 0 Å². The summed E-state index contributed by atoms with van der Waals surface area (Å²) < 4.78 is 9.61. The fraction of sp³-hybridized carbons (Fsp3) is 0.278. The first-order chi connectivity index (χ1) is 10.2. The normalized spacial score (nSPS) is 8.71. The zero-order chi connectivity index (χ0) is 16.3. The average Bonchev–Trinajstić information content (AvgIpc) is 2.48. The molecule has 3 nitrogen and oxygen atoms in total. The van der Waals surface area contributed by atoms with Gasteiger partial charge in [0.15, 0.2) is 0 Å². The SMILES string of the molecule is C=CC.C=CC.COCCOC(=O)/C=C/c1ccccc1. The summed E-state index contributed by atoms with van der Waals surface area (Å²) in [4.78, 5) is 11.1. The predicted molar refractivity (Wildman–Crippen MR) is 90.1 cm³/mol. The molecule has 0 aliphatic heterocycles. The fourth-order valence-electron chi connectivity index (χ4n) is 1.00. The van der Waals surface area contributed by atoms with Crippen LogP contribution in [0.25, 0.3) is 6.08 Å². The van der Waals surface area contributed by atoms with E-state index in [-0.39, 0.29) is 12.6 Å². The number of ether oxygens (including phenoxy) is 2. The van der Waals surface area contributed by atoms with Crippen LogP contribution >= 0.6 is 0 Å². The van der Waals surface area contributed by atoms with Crippen molar-refractivity contribution < 1.29 is 14.3 Å². The van der Waals surface area contributed by atoms with Gasteiger partial charge in [0.1, 0.15) is 6.61 Å². The van der Waals surface area contributed by atoms with Gasteiger partial charge in [0.05, 0.1) is 6.61 Å². The second-order valence-electron chi connectivity index (χ2n) is 3.72. The number of carbonyl (C=O) groups is 1. The number of hydrogen-bond acceptors (Lipinski definition) is 3. The van der Waals surface area contributed by atoms with Crippen molar-refractivity contribution >= 4 is 12.0 Å². The van der Waals surface area contributed by atoms with E-state index in [0.29, 0.717) is 6.61 Å². The Morgan fingerprint density at radius 2 is 1.62 bits per heavy atom. The van der Waals surface area contributed by atoms with Gasteiger partial charge in [-0.1, -0.05) is 42.5 Å². The molecule has 0 aromatic heterocycles. The first-order valence-corrected chi connectivity index (χ1v) is 6.69. The molecule has 1 rings (SSSR count). The molecular formula is C18H26O3. The predicted octanol–water partition coefficient (Wildman–Crippen LogP) is 4.27. The van der Waals surface area contributed by atoms with E-state index in [1.165, 1.54) is 6.08 Å². The molecule has 0 radical (unpaired) electrons. The van der Waals surface area contributed by atoms with E-state index in [2.05, 4.69) is 13.2 Å². The van der Waals surface area contributed by atoms with Crippen molar-refractivity contribution in [3.63, 3.8) is 0 Å². The zero-order valence-corrected chi connectivity index (χ0v) is 13.2. The van der Waals surface area contributed by atoms with Gasteiger partial charge < -0.3 is 9.47 Å². The lowest BCUT2D eigenvalue weighted by Crippen LogP contribution is -2.06. The van der Waals surface area contributed by atoms with E-state index < -0.39 is 0 Å². The third-order valence-electron chi connectivity index (χ3n) is 1.74. The van der Waals surface area contributed by atoms with Crippen LogP contribution in [0.15, 0.2) is 61.7 Å². The summed E-state index contributed by atoms with van der Waals surface area (Å²) in [7, 11) is 1.56. The molecule has 0 amide bonds. The van der Waals surface area contributed by atoms with Gasteiger partial charge in [-0.2, -0.15) is 0 Å². The maximum absolute atomic E-state index is 11.1. The minimum absolute atomic E-state index is 0.286. The molecule has 0 aliphatic rings. The Morgan fingerprint density at radius 1 is 1.10 bits per heavy atom. The molecule has 1 aromatic rings. The summed E-state index contributed by atoms with van der Waals surface area (Å²) >= 11 is 0. The Labute approximate surface area is 128 Å². The van der Waals surface area contributed by atoms with Gasteiger partial charge in [-0.25, -0.2) is 4.79 Å². The summed E-state index contributed by atoms with van der Waals surface area (Å²) in [5, 5.41) is 0. The van der Waals surface area contributed by atoms with Crippen molar-refractivity contribution in [2.75, 3.05) is 20.3 Å². The van der Waals surface area contributed by atoms with Gasteiger partial charge in [0.25, 0.3) is 0 Å². The summed E-state index contributed by atoms with van der Waals surface area (Å²) in [6.45, 7) is 11.2.